The van der Waals surface area contributed by atoms with Crippen LogP contribution in [0.1, 0.15) is 63.9 Å². The number of amides is 1. The number of rotatable bonds is 12. The van der Waals surface area contributed by atoms with Crippen molar-refractivity contribution in [1.29, 1.82) is 0 Å². The van der Waals surface area contributed by atoms with Crippen LogP contribution in [0.15, 0.2) is 48.9 Å². The topological polar surface area (TPSA) is 138 Å². The van der Waals surface area contributed by atoms with E-state index in [0.717, 1.165) is 36.0 Å². The molecule has 49 heavy (non-hydrogen) atoms. The van der Waals surface area contributed by atoms with Gasteiger partial charge in [-0.05, 0) is 52.2 Å². The fourth-order valence-corrected chi connectivity index (χ4v) is 5.34. The van der Waals surface area contributed by atoms with Gasteiger partial charge in [-0.25, -0.2) is 28.5 Å². The number of nitrogens with zero attached hydrogens (tertiary/aromatic N) is 6. The van der Waals surface area contributed by atoms with Crippen LogP contribution in [0.3, 0.4) is 0 Å². The molecule has 4 heterocycles. The summed E-state index contributed by atoms with van der Waals surface area (Å²) in [6, 6.07) is 8.61. The van der Waals surface area contributed by atoms with Crippen LogP contribution in [-0.2, 0) is 11.3 Å². The Morgan fingerprint density at radius 1 is 1.00 bits per heavy atom. The highest BCUT2D eigenvalue weighted by Crippen LogP contribution is 2.37. The molecule has 2 N–H and O–H groups in total. The first-order valence-corrected chi connectivity index (χ1v) is 16.1. The molecule has 6 rings (SSSR count). The normalized spacial score (nSPS) is 16.1. The zero-order chi connectivity index (χ0) is 34.7. The predicted molar refractivity (Wildman–Crippen MR) is 178 cm³/mol. The van der Waals surface area contributed by atoms with Gasteiger partial charge >= 0.3 is 6.09 Å². The van der Waals surface area contributed by atoms with Crippen molar-refractivity contribution in [2.75, 3.05) is 37.9 Å². The maximum Gasteiger partial charge on any atom is 0.410 e. The van der Waals surface area contributed by atoms with E-state index >= 15 is 0 Å². The van der Waals surface area contributed by atoms with Crippen molar-refractivity contribution in [2.24, 2.45) is 0 Å². The third-order valence-corrected chi connectivity index (χ3v) is 7.93. The van der Waals surface area contributed by atoms with Crippen molar-refractivity contribution in [3.8, 4) is 28.4 Å². The molecule has 1 aliphatic carbocycles. The SMILES string of the molecule is COc1ccc(CNc2cc(Nc3cc(OC4CC4)c(-c4cnn([C@H]5CCN(C(=O)OC(C)(C)C)C5)c4)cn3)nc(C(F)F)n2)c(OC)c1. The summed E-state index contributed by atoms with van der Waals surface area (Å²) in [6.45, 7) is 6.87. The Morgan fingerprint density at radius 2 is 1.80 bits per heavy atom. The van der Waals surface area contributed by atoms with Gasteiger partial charge in [-0.15, -0.1) is 0 Å². The van der Waals surface area contributed by atoms with Crippen LogP contribution in [0.2, 0.25) is 0 Å². The number of likely N-dealkylation sites (tertiary alicyclic amines) is 1. The standard InChI is InChI=1S/C34H40F2N8O5/c1-34(2,3)49-33(45)43-11-10-22(19-43)44-18-21(16-39-44)25-17-38-28(13-27(25)48-23-8-9-23)40-30-14-29(41-32(42-30)31(35)36)37-15-20-6-7-24(46-4)12-26(20)47-5/h6-7,12-14,16-18,22-23,31H,8-11,15,19H2,1-5H3,(H2,37,38,40,41,42)/t22-/m0/s1. The lowest BCUT2D eigenvalue weighted by Crippen LogP contribution is -2.35. The Bertz CT molecular complexity index is 1790. The van der Waals surface area contributed by atoms with E-state index in [1.165, 1.54) is 6.07 Å². The highest BCUT2D eigenvalue weighted by molar-refractivity contribution is 5.72. The molecule has 1 atom stereocenters. The minimum atomic E-state index is -2.89. The van der Waals surface area contributed by atoms with E-state index < -0.39 is 17.9 Å². The first kappa shape index (κ1) is 33.7. The fraction of sp³-hybridized carbons (Fsp3) is 0.441. The van der Waals surface area contributed by atoms with Gasteiger partial charge in [-0.2, -0.15) is 5.10 Å². The van der Waals surface area contributed by atoms with E-state index in [1.54, 1.807) is 49.7 Å². The average Bonchev–Trinajstić information content (AvgIpc) is 3.51. The number of carbonyl (C=O) groups is 1. The van der Waals surface area contributed by atoms with Crippen LogP contribution in [0.5, 0.6) is 17.2 Å². The lowest BCUT2D eigenvalue weighted by Gasteiger charge is -2.24. The van der Waals surface area contributed by atoms with E-state index in [9.17, 15) is 13.6 Å². The first-order chi connectivity index (χ1) is 23.5. The van der Waals surface area contributed by atoms with Crippen LogP contribution in [0, 0.1) is 0 Å². The first-order valence-electron chi connectivity index (χ1n) is 16.1. The smallest absolute Gasteiger partial charge is 0.410 e. The highest BCUT2D eigenvalue weighted by Gasteiger charge is 2.32. The second-order valence-corrected chi connectivity index (χ2v) is 12.9. The number of aromatic nitrogens is 5. The van der Waals surface area contributed by atoms with Gasteiger partial charge in [0.1, 0.15) is 40.3 Å². The van der Waals surface area contributed by atoms with Crippen molar-refractivity contribution in [3.05, 3.63) is 60.3 Å². The largest absolute Gasteiger partial charge is 0.497 e. The zero-order valence-electron chi connectivity index (χ0n) is 28.1. The number of hydrogen-bond donors (Lipinski definition) is 2. The quantitative estimate of drug-likeness (QED) is 0.164. The van der Waals surface area contributed by atoms with E-state index in [-0.39, 0.29) is 36.4 Å². The summed E-state index contributed by atoms with van der Waals surface area (Å²) in [7, 11) is 3.11. The Balaban J connectivity index is 1.19. The van der Waals surface area contributed by atoms with Crippen molar-refractivity contribution < 1.29 is 32.5 Å². The molecule has 1 aliphatic heterocycles. The Labute approximate surface area is 283 Å². The molecule has 2 fully saturated rings. The summed E-state index contributed by atoms with van der Waals surface area (Å²) in [6.07, 6.45) is 4.79. The number of benzene rings is 1. The minimum Gasteiger partial charge on any atom is -0.497 e. The number of nitrogens with one attached hydrogen (secondary N) is 2. The highest BCUT2D eigenvalue weighted by atomic mass is 19.3. The van der Waals surface area contributed by atoms with Gasteiger partial charge < -0.3 is 34.5 Å². The molecule has 260 valence electrons. The molecule has 1 saturated carbocycles. The van der Waals surface area contributed by atoms with Gasteiger partial charge in [-0.1, -0.05) is 0 Å². The molecular weight excluding hydrogens is 638 g/mol. The molecule has 1 aromatic carbocycles. The van der Waals surface area contributed by atoms with Crippen molar-refractivity contribution >= 4 is 23.5 Å². The molecule has 1 saturated heterocycles. The van der Waals surface area contributed by atoms with Crippen molar-refractivity contribution in [2.45, 2.75) is 70.8 Å². The molecule has 0 unspecified atom stereocenters. The van der Waals surface area contributed by atoms with E-state index in [2.05, 4.69) is 30.7 Å². The Hall–Kier alpha value is -5.21. The third kappa shape index (κ3) is 8.45. The number of alkyl halides is 2. The lowest BCUT2D eigenvalue weighted by molar-refractivity contribution is 0.0288. The second kappa shape index (κ2) is 14.1. The summed E-state index contributed by atoms with van der Waals surface area (Å²) in [5.74, 6) is 1.85. The van der Waals surface area contributed by atoms with Crippen LogP contribution in [-0.4, -0.2) is 74.7 Å². The summed E-state index contributed by atoms with van der Waals surface area (Å²) in [4.78, 5) is 26.9. The molecule has 0 bridgehead atoms. The summed E-state index contributed by atoms with van der Waals surface area (Å²) in [5.41, 5.74) is 1.75. The molecule has 13 nitrogen and oxygen atoms in total. The van der Waals surface area contributed by atoms with Crippen LogP contribution in [0.4, 0.5) is 31.0 Å². The Kier molecular flexibility index (Phi) is 9.69. The predicted octanol–water partition coefficient (Wildman–Crippen LogP) is 6.77. The lowest BCUT2D eigenvalue weighted by atomic mass is 10.1. The van der Waals surface area contributed by atoms with Gasteiger partial charge in [-0.3, -0.25) is 4.68 Å². The summed E-state index contributed by atoms with van der Waals surface area (Å²) >= 11 is 0. The van der Waals surface area contributed by atoms with Gasteiger partial charge in [0.05, 0.1) is 32.6 Å². The third-order valence-electron chi connectivity index (χ3n) is 7.93. The number of carbonyl (C=O) groups excluding carboxylic acids is 1. The molecule has 4 aromatic rings. The van der Waals surface area contributed by atoms with Crippen molar-refractivity contribution in [3.63, 3.8) is 0 Å². The molecule has 2 aliphatic rings. The summed E-state index contributed by atoms with van der Waals surface area (Å²) < 4.78 is 52.0. The average molecular weight is 679 g/mol. The van der Waals surface area contributed by atoms with Crippen LogP contribution in [0.25, 0.3) is 11.1 Å². The maximum atomic E-state index is 13.8. The fourth-order valence-electron chi connectivity index (χ4n) is 5.34. The zero-order valence-corrected chi connectivity index (χ0v) is 28.1. The molecule has 1 amide bonds. The van der Waals surface area contributed by atoms with Gasteiger partial charge in [0.2, 0.25) is 0 Å². The number of hydrogen-bond acceptors (Lipinski definition) is 11. The molecule has 15 heteroatoms. The van der Waals surface area contributed by atoms with Gasteiger partial charge in [0, 0.05) is 66.9 Å². The second-order valence-electron chi connectivity index (χ2n) is 12.9. The van der Waals surface area contributed by atoms with Crippen molar-refractivity contribution in [1.82, 2.24) is 29.6 Å². The molecule has 0 spiro atoms. The van der Waals surface area contributed by atoms with E-state index in [1.807, 2.05) is 37.7 Å². The van der Waals surface area contributed by atoms with E-state index in [4.69, 9.17) is 18.9 Å². The minimum absolute atomic E-state index is 0.00150. The number of methoxy groups -OCH3 is 2. The molecular formula is C34H40F2N8O5. The number of halogens is 2. The van der Waals surface area contributed by atoms with Crippen LogP contribution < -0.4 is 24.8 Å². The van der Waals surface area contributed by atoms with Gasteiger partial charge in [0.15, 0.2) is 5.82 Å². The molecule has 0 radical (unpaired) electrons. The monoisotopic (exact) mass is 678 g/mol. The van der Waals surface area contributed by atoms with E-state index in [0.29, 0.717) is 36.2 Å². The maximum absolute atomic E-state index is 13.8. The number of ether oxygens (including phenoxy) is 4. The summed E-state index contributed by atoms with van der Waals surface area (Å²) in [5, 5.41) is 10.7. The van der Waals surface area contributed by atoms with Crippen LogP contribution >= 0.6 is 0 Å². The number of pyridine rings is 1. The number of anilines is 3. The molecule has 3 aromatic heterocycles. The Morgan fingerprint density at radius 3 is 2.51 bits per heavy atom. The van der Waals surface area contributed by atoms with Gasteiger partial charge in [0.25, 0.3) is 6.43 Å².